The summed E-state index contributed by atoms with van der Waals surface area (Å²) in [6.45, 7) is 10.2. The van der Waals surface area contributed by atoms with E-state index in [1.54, 1.807) is 54.6 Å². The highest BCUT2D eigenvalue weighted by Crippen LogP contribution is 2.48. The smallest absolute Gasteiger partial charge is 0.310 e. The number of carbonyl (C=O) groups is 3. The number of aliphatic hydroxyl groups excluding tert-OH is 1. The van der Waals surface area contributed by atoms with Crippen LogP contribution < -0.4 is 15.9 Å². The molecular weight excluding hydrogens is 1060 g/mol. The largest absolute Gasteiger partial charge is 0.462 e. The predicted molar refractivity (Wildman–Crippen MR) is 337 cm³/mol. The van der Waals surface area contributed by atoms with Gasteiger partial charge in [-0.25, -0.2) is 0 Å². The van der Waals surface area contributed by atoms with Gasteiger partial charge in [-0.3, -0.25) is 18.9 Å². The zero-order valence-electron chi connectivity index (χ0n) is 51.6. The summed E-state index contributed by atoms with van der Waals surface area (Å²) in [5.41, 5.74) is 0.989. The number of hydrogen-bond acceptors (Lipinski definition) is 11. The first-order valence-electron chi connectivity index (χ1n) is 32.9. The van der Waals surface area contributed by atoms with Crippen molar-refractivity contribution < 1.29 is 52.3 Å². The SMILES string of the molecule is C=CCO[C@H]1O[C@H](CO)[C@@H](OP(=O)(c2ccccc2)c2ccccc2)[C@H](OC(=O)C[C@@H](CCCCCCCCCCC)OC(=O)CCCCCCCCCCCCC)[C@H]1NC(=O)C[C@H](CCCCCCCCCCC)OCc1ccccc1. The Kier molecular flexibility index (Phi) is 38.8. The fourth-order valence-corrected chi connectivity index (χ4v) is 13.4. The third kappa shape index (κ3) is 29.7. The monoisotopic (exact) mass is 1170 g/mol. The molecule has 1 fully saturated rings. The number of esters is 2. The van der Waals surface area contributed by atoms with E-state index in [4.69, 9.17) is 28.2 Å². The fraction of sp³-hybridized carbons (Fsp3) is 0.671. The molecule has 4 rings (SSSR count). The lowest BCUT2D eigenvalue weighted by Gasteiger charge is -2.46. The van der Waals surface area contributed by atoms with Gasteiger partial charge in [0.25, 0.3) is 7.37 Å². The number of aliphatic hydroxyl groups is 1. The molecule has 83 heavy (non-hydrogen) atoms. The summed E-state index contributed by atoms with van der Waals surface area (Å²) in [5.74, 6) is -1.46. The summed E-state index contributed by atoms with van der Waals surface area (Å²) in [5, 5.41) is 15.1. The van der Waals surface area contributed by atoms with Crippen molar-refractivity contribution in [3.8, 4) is 0 Å². The molecule has 0 bridgehead atoms. The fourth-order valence-electron chi connectivity index (χ4n) is 11.1. The van der Waals surface area contributed by atoms with Gasteiger partial charge in [0.2, 0.25) is 5.91 Å². The van der Waals surface area contributed by atoms with Crippen molar-refractivity contribution in [2.24, 2.45) is 0 Å². The van der Waals surface area contributed by atoms with Crippen molar-refractivity contribution in [2.75, 3.05) is 13.2 Å². The number of rotatable bonds is 50. The van der Waals surface area contributed by atoms with Crippen molar-refractivity contribution in [3.63, 3.8) is 0 Å². The first-order chi connectivity index (χ1) is 40.6. The molecule has 0 aliphatic carbocycles. The molecule has 2 N–H and O–H groups in total. The molecule has 1 aliphatic rings. The molecule has 1 saturated heterocycles. The average molecular weight is 1170 g/mol. The minimum absolute atomic E-state index is 0.00872. The number of unbranched alkanes of at least 4 members (excludes halogenated alkanes) is 26. The van der Waals surface area contributed by atoms with Gasteiger partial charge in [0.1, 0.15) is 24.4 Å². The van der Waals surface area contributed by atoms with Crippen molar-refractivity contribution in [2.45, 2.75) is 289 Å². The van der Waals surface area contributed by atoms with Gasteiger partial charge in [-0.1, -0.05) is 267 Å². The van der Waals surface area contributed by atoms with Gasteiger partial charge in [0.15, 0.2) is 12.4 Å². The van der Waals surface area contributed by atoms with E-state index in [1.807, 2.05) is 42.5 Å². The standard InChI is InChI=1S/C70H110NO11P/c1-5-9-12-15-18-21-22-25-28-31-43-52-65(74)79-60(47-38-30-27-24-20-17-14-11-7-3)55-66(75)81-69-67(71-64(73)54-59(78-57-58-44-35-32-36-45-58)46-37-29-26-23-19-16-13-10-6-2)70(77-53-8-4)80-63(56-72)68(69)82-83(76,61-48-39-33-40-49-61)62-50-41-34-42-51-62/h8,32-36,39-42,44-45,48-51,59-60,63,67-70,72H,4-7,9-31,37-38,43,46-47,52-57H2,1-3H3,(H,71,73)/t59-,60+,63+,67+,68+,69+,70-/m0/s1. The van der Waals surface area contributed by atoms with Crippen LogP contribution in [0.4, 0.5) is 0 Å². The van der Waals surface area contributed by atoms with E-state index in [2.05, 4.69) is 32.7 Å². The molecular formula is C70H110NO11P. The minimum atomic E-state index is -4.06. The molecule has 13 heteroatoms. The van der Waals surface area contributed by atoms with Crippen LogP contribution in [0.3, 0.4) is 0 Å². The summed E-state index contributed by atoms with van der Waals surface area (Å²) in [6.07, 6.45) is 29.3. The van der Waals surface area contributed by atoms with Crippen LogP contribution in [0.5, 0.6) is 0 Å². The highest BCUT2D eigenvalue weighted by molar-refractivity contribution is 7.74. The molecule has 466 valence electrons. The van der Waals surface area contributed by atoms with E-state index >= 15 is 4.57 Å². The molecule has 1 heterocycles. The molecule has 0 unspecified atom stereocenters. The quantitative estimate of drug-likeness (QED) is 0.0240. The van der Waals surface area contributed by atoms with Gasteiger partial charge in [-0.15, -0.1) is 6.58 Å². The summed E-state index contributed by atoms with van der Waals surface area (Å²) in [7, 11) is -4.06. The molecule has 3 aromatic rings. The summed E-state index contributed by atoms with van der Waals surface area (Å²) >= 11 is 0. The van der Waals surface area contributed by atoms with Gasteiger partial charge >= 0.3 is 11.9 Å². The third-order valence-corrected chi connectivity index (χ3v) is 18.4. The van der Waals surface area contributed by atoms with Gasteiger partial charge < -0.3 is 38.6 Å². The Morgan fingerprint density at radius 1 is 0.578 bits per heavy atom. The first kappa shape index (κ1) is 71.3. The topological polar surface area (TPSA) is 156 Å². The molecule has 7 atom stereocenters. The second kappa shape index (κ2) is 45.2. The van der Waals surface area contributed by atoms with Crippen LogP contribution in [0.15, 0.2) is 104 Å². The summed E-state index contributed by atoms with van der Waals surface area (Å²) in [6, 6.07) is 26.2. The van der Waals surface area contributed by atoms with Crippen molar-refractivity contribution in [1.29, 1.82) is 0 Å². The maximum Gasteiger partial charge on any atom is 0.310 e. The first-order valence-corrected chi connectivity index (χ1v) is 34.5. The minimum Gasteiger partial charge on any atom is -0.462 e. The van der Waals surface area contributed by atoms with E-state index in [0.29, 0.717) is 36.5 Å². The lowest BCUT2D eigenvalue weighted by atomic mass is 9.96. The second-order valence-electron chi connectivity index (χ2n) is 23.1. The van der Waals surface area contributed by atoms with Crippen LogP contribution in [0, 0.1) is 0 Å². The lowest BCUT2D eigenvalue weighted by Crippen LogP contribution is -2.66. The number of hydrogen-bond donors (Lipinski definition) is 2. The average Bonchev–Trinajstić information content (AvgIpc) is 3.56. The van der Waals surface area contributed by atoms with Crippen LogP contribution in [0.1, 0.15) is 245 Å². The van der Waals surface area contributed by atoms with Crippen molar-refractivity contribution in [1.82, 2.24) is 5.32 Å². The molecule has 12 nitrogen and oxygen atoms in total. The van der Waals surface area contributed by atoms with Gasteiger partial charge in [-0.2, -0.15) is 0 Å². The Morgan fingerprint density at radius 2 is 1.02 bits per heavy atom. The maximum absolute atomic E-state index is 15.8. The predicted octanol–water partition coefficient (Wildman–Crippen LogP) is 16.4. The van der Waals surface area contributed by atoms with Gasteiger partial charge in [-0.05, 0) is 55.5 Å². The van der Waals surface area contributed by atoms with E-state index in [-0.39, 0.29) is 31.8 Å². The van der Waals surface area contributed by atoms with Crippen LogP contribution >= 0.6 is 7.37 Å². The number of carbonyl (C=O) groups excluding carboxylic acids is 3. The number of amides is 1. The Labute approximate surface area is 502 Å². The van der Waals surface area contributed by atoms with E-state index in [9.17, 15) is 19.5 Å². The van der Waals surface area contributed by atoms with Gasteiger partial charge in [0.05, 0.1) is 38.8 Å². The van der Waals surface area contributed by atoms with Crippen LogP contribution in [0.2, 0.25) is 0 Å². The number of benzene rings is 3. The van der Waals surface area contributed by atoms with Crippen LogP contribution in [0.25, 0.3) is 0 Å². The molecule has 1 amide bonds. The molecule has 3 aromatic carbocycles. The van der Waals surface area contributed by atoms with E-state index in [0.717, 1.165) is 69.8 Å². The molecule has 1 aliphatic heterocycles. The highest BCUT2D eigenvalue weighted by atomic mass is 31.2. The normalized spacial score (nSPS) is 17.9. The van der Waals surface area contributed by atoms with Crippen LogP contribution in [-0.2, 0) is 53.8 Å². The molecule has 0 aromatic heterocycles. The maximum atomic E-state index is 15.8. The van der Waals surface area contributed by atoms with Crippen molar-refractivity contribution in [3.05, 3.63) is 109 Å². The Bertz CT molecular complexity index is 2120. The highest BCUT2D eigenvalue weighted by Gasteiger charge is 2.53. The van der Waals surface area contributed by atoms with Crippen molar-refractivity contribution >= 4 is 35.8 Å². The molecule has 0 saturated carbocycles. The summed E-state index contributed by atoms with van der Waals surface area (Å²) < 4.78 is 54.7. The lowest BCUT2D eigenvalue weighted by molar-refractivity contribution is -0.266. The van der Waals surface area contributed by atoms with E-state index < -0.39 is 68.7 Å². The second-order valence-corrected chi connectivity index (χ2v) is 25.5. The zero-order valence-corrected chi connectivity index (χ0v) is 52.5. The zero-order chi connectivity index (χ0) is 59.4. The molecule has 0 radical (unpaired) electrons. The van der Waals surface area contributed by atoms with Crippen LogP contribution in [-0.4, -0.2) is 79.0 Å². The third-order valence-electron chi connectivity index (χ3n) is 15.9. The summed E-state index contributed by atoms with van der Waals surface area (Å²) in [4.78, 5) is 43.2. The molecule has 0 spiro atoms. The van der Waals surface area contributed by atoms with Gasteiger partial charge in [0, 0.05) is 17.0 Å². The Morgan fingerprint density at radius 3 is 1.49 bits per heavy atom. The Hall–Kier alpha value is -4.16. The number of ether oxygens (including phenoxy) is 5. The van der Waals surface area contributed by atoms with E-state index in [1.165, 1.54) is 116 Å². The Balaban J connectivity index is 1.63. The number of nitrogens with one attached hydrogen (secondary N) is 1.